The molecule has 0 amide bonds. The predicted molar refractivity (Wildman–Crippen MR) is 54.8 cm³/mol. The molecule has 0 aromatic heterocycles. The second kappa shape index (κ2) is 8.48. The van der Waals surface area contributed by atoms with Crippen LogP contribution in [0.4, 0.5) is 0 Å². The SMILES string of the molecule is CCCOCCOC(C)C(N)CC. The third kappa shape index (κ3) is 6.99. The molecule has 0 radical (unpaired) electrons. The van der Waals surface area contributed by atoms with Crippen LogP contribution < -0.4 is 5.73 Å². The van der Waals surface area contributed by atoms with Crippen LogP contribution in [0.3, 0.4) is 0 Å². The minimum Gasteiger partial charge on any atom is -0.379 e. The zero-order valence-corrected chi connectivity index (χ0v) is 9.08. The molecule has 3 heteroatoms. The summed E-state index contributed by atoms with van der Waals surface area (Å²) in [5, 5.41) is 0. The Morgan fingerprint density at radius 1 is 1.15 bits per heavy atom. The van der Waals surface area contributed by atoms with Crippen molar-refractivity contribution >= 4 is 0 Å². The van der Waals surface area contributed by atoms with E-state index in [1.807, 2.05) is 6.92 Å². The van der Waals surface area contributed by atoms with Gasteiger partial charge in [-0.25, -0.2) is 0 Å². The van der Waals surface area contributed by atoms with E-state index in [1.54, 1.807) is 0 Å². The normalized spacial score (nSPS) is 15.7. The molecule has 0 aromatic rings. The van der Waals surface area contributed by atoms with Gasteiger partial charge in [-0.15, -0.1) is 0 Å². The van der Waals surface area contributed by atoms with Gasteiger partial charge in [-0.05, 0) is 19.8 Å². The molecule has 0 saturated carbocycles. The fourth-order valence-corrected chi connectivity index (χ4v) is 0.995. The van der Waals surface area contributed by atoms with Crippen molar-refractivity contribution in [3.8, 4) is 0 Å². The van der Waals surface area contributed by atoms with Gasteiger partial charge < -0.3 is 15.2 Å². The average Bonchev–Trinajstić information content (AvgIpc) is 2.16. The van der Waals surface area contributed by atoms with Gasteiger partial charge in [0.25, 0.3) is 0 Å². The van der Waals surface area contributed by atoms with Crippen molar-refractivity contribution in [1.29, 1.82) is 0 Å². The van der Waals surface area contributed by atoms with Crippen molar-refractivity contribution in [2.45, 2.75) is 45.8 Å². The monoisotopic (exact) mass is 189 g/mol. The lowest BCUT2D eigenvalue weighted by Gasteiger charge is -2.18. The van der Waals surface area contributed by atoms with Crippen LogP contribution in [0.5, 0.6) is 0 Å². The molecule has 0 aliphatic heterocycles. The van der Waals surface area contributed by atoms with E-state index >= 15 is 0 Å². The lowest BCUT2D eigenvalue weighted by atomic mass is 10.1. The largest absolute Gasteiger partial charge is 0.379 e. The quantitative estimate of drug-likeness (QED) is 0.589. The fraction of sp³-hybridized carbons (Fsp3) is 1.00. The van der Waals surface area contributed by atoms with Gasteiger partial charge in [-0.2, -0.15) is 0 Å². The Morgan fingerprint density at radius 2 is 1.85 bits per heavy atom. The highest BCUT2D eigenvalue weighted by molar-refractivity contribution is 4.66. The summed E-state index contributed by atoms with van der Waals surface area (Å²) in [4.78, 5) is 0. The Bertz CT molecular complexity index is 109. The fourth-order valence-electron chi connectivity index (χ4n) is 0.995. The summed E-state index contributed by atoms with van der Waals surface area (Å²) in [6.07, 6.45) is 2.15. The highest BCUT2D eigenvalue weighted by Gasteiger charge is 2.09. The summed E-state index contributed by atoms with van der Waals surface area (Å²) in [5.41, 5.74) is 5.79. The first-order valence-electron chi connectivity index (χ1n) is 5.17. The molecule has 2 unspecified atom stereocenters. The van der Waals surface area contributed by atoms with E-state index in [1.165, 1.54) is 0 Å². The molecule has 0 saturated heterocycles. The number of hydrogen-bond donors (Lipinski definition) is 1. The molecular weight excluding hydrogens is 166 g/mol. The van der Waals surface area contributed by atoms with Gasteiger partial charge >= 0.3 is 0 Å². The van der Waals surface area contributed by atoms with Crippen molar-refractivity contribution in [2.75, 3.05) is 19.8 Å². The van der Waals surface area contributed by atoms with Crippen molar-refractivity contribution in [1.82, 2.24) is 0 Å². The molecule has 0 spiro atoms. The van der Waals surface area contributed by atoms with Crippen LogP contribution >= 0.6 is 0 Å². The van der Waals surface area contributed by atoms with Gasteiger partial charge in [0.15, 0.2) is 0 Å². The maximum absolute atomic E-state index is 5.79. The minimum atomic E-state index is 0.134. The molecule has 2 atom stereocenters. The van der Waals surface area contributed by atoms with Crippen LogP contribution in [0.1, 0.15) is 33.6 Å². The smallest absolute Gasteiger partial charge is 0.0704 e. The van der Waals surface area contributed by atoms with Crippen LogP contribution in [0, 0.1) is 0 Å². The van der Waals surface area contributed by atoms with E-state index in [9.17, 15) is 0 Å². The third-order valence-electron chi connectivity index (χ3n) is 2.03. The van der Waals surface area contributed by atoms with Gasteiger partial charge in [0.2, 0.25) is 0 Å². The second-order valence-corrected chi connectivity index (χ2v) is 3.26. The summed E-state index contributed by atoms with van der Waals surface area (Å²) in [5.74, 6) is 0. The zero-order valence-electron chi connectivity index (χ0n) is 9.08. The summed E-state index contributed by atoms with van der Waals surface area (Å²) in [6.45, 7) is 8.31. The third-order valence-corrected chi connectivity index (χ3v) is 2.03. The second-order valence-electron chi connectivity index (χ2n) is 3.26. The molecule has 0 aliphatic carbocycles. The van der Waals surface area contributed by atoms with Gasteiger partial charge in [-0.1, -0.05) is 13.8 Å². The summed E-state index contributed by atoms with van der Waals surface area (Å²) in [6, 6.07) is 0.145. The first-order chi connectivity index (χ1) is 6.22. The van der Waals surface area contributed by atoms with Crippen LogP contribution in [0.2, 0.25) is 0 Å². The van der Waals surface area contributed by atoms with Crippen molar-refractivity contribution in [2.24, 2.45) is 5.73 Å². The molecule has 0 aliphatic rings. The lowest BCUT2D eigenvalue weighted by molar-refractivity contribution is 0.00206. The molecule has 0 fully saturated rings. The first kappa shape index (κ1) is 12.9. The zero-order chi connectivity index (χ0) is 10.1. The van der Waals surface area contributed by atoms with Crippen molar-refractivity contribution in [3.63, 3.8) is 0 Å². The van der Waals surface area contributed by atoms with Crippen LogP contribution in [0.15, 0.2) is 0 Å². The van der Waals surface area contributed by atoms with Crippen LogP contribution in [-0.2, 0) is 9.47 Å². The van der Waals surface area contributed by atoms with Crippen LogP contribution in [0.25, 0.3) is 0 Å². The minimum absolute atomic E-state index is 0.134. The van der Waals surface area contributed by atoms with Crippen molar-refractivity contribution < 1.29 is 9.47 Å². The maximum Gasteiger partial charge on any atom is 0.0704 e. The molecule has 2 N–H and O–H groups in total. The van der Waals surface area contributed by atoms with E-state index < -0.39 is 0 Å². The van der Waals surface area contributed by atoms with E-state index in [4.69, 9.17) is 15.2 Å². The molecule has 80 valence electrons. The molecular formula is C10H23NO2. The number of nitrogens with two attached hydrogens (primary N) is 1. The molecule has 0 aromatic carbocycles. The summed E-state index contributed by atoms with van der Waals surface area (Å²) in [7, 11) is 0. The molecule has 0 rings (SSSR count). The Morgan fingerprint density at radius 3 is 2.38 bits per heavy atom. The van der Waals surface area contributed by atoms with Gasteiger partial charge in [0.1, 0.15) is 0 Å². The van der Waals surface area contributed by atoms with E-state index in [-0.39, 0.29) is 12.1 Å². The van der Waals surface area contributed by atoms with Crippen LogP contribution in [-0.4, -0.2) is 32.0 Å². The molecule has 13 heavy (non-hydrogen) atoms. The Hall–Kier alpha value is -0.120. The Balaban J connectivity index is 3.21. The van der Waals surface area contributed by atoms with E-state index in [0.29, 0.717) is 13.2 Å². The van der Waals surface area contributed by atoms with E-state index in [2.05, 4.69) is 13.8 Å². The topological polar surface area (TPSA) is 44.5 Å². The summed E-state index contributed by atoms with van der Waals surface area (Å²) < 4.78 is 10.8. The molecule has 0 bridgehead atoms. The van der Waals surface area contributed by atoms with Gasteiger partial charge in [-0.3, -0.25) is 0 Å². The average molecular weight is 189 g/mol. The van der Waals surface area contributed by atoms with Crippen molar-refractivity contribution in [3.05, 3.63) is 0 Å². The van der Waals surface area contributed by atoms with Gasteiger partial charge in [0, 0.05) is 12.6 Å². The Labute approximate surface area is 81.6 Å². The standard InChI is InChI=1S/C10H23NO2/c1-4-6-12-7-8-13-9(3)10(11)5-2/h9-10H,4-8,11H2,1-3H3. The number of hydrogen-bond acceptors (Lipinski definition) is 3. The van der Waals surface area contributed by atoms with E-state index in [0.717, 1.165) is 19.4 Å². The van der Waals surface area contributed by atoms with Gasteiger partial charge in [0.05, 0.1) is 19.3 Å². The number of rotatable bonds is 8. The highest BCUT2D eigenvalue weighted by Crippen LogP contribution is 1.99. The summed E-state index contributed by atoms with van der Waals surface area (Å²) >= 11 is 0. The Kier molecular flexibility index (Phi) is 8.40. The number of ether oxygens (including phenoxy) is 2. The molecule has 3 nitrogen and oxygen atoms in total. The predicted octanol–water partition coefficient (Wildman–Crippen LogP) is 1.56. The first-order valence-corrected chi connectivity index (χ1v) is 5.17. The maximum atomic E-state index is 5.79. The lowest BCUT2D eigenvalue weighted by Crippen LogP contribution is -2.34. The highest BCUT2D eigenvalue weighted by atomic mass is 16.5. The molecule has 0 heterocycles.